The molecule has 0 aromatic heterocycles. The second-order valence-corrected chi connectivity index (χ2v) is 3.89. The summed E-state index contributed by atoms with van der Waals surface area (Å²) in [6.45, 7) is 6.79. The Balaban J connectivity index is 2.76. The van der Waals surface area contributed by atoms with Gasteiger partial charge in [0.15, 0.2) is 0 Å². The molecular formula is C13H20N2O. The second-order valence-electron chi connectivity index (χ2n) is 3.89. The normalized spacial score (nSPS) is 11.9. The third-order valence-electron chi connectivity index (χ3n) is 2.39. The van der Waals surface area contributed by atoms with Crippen molar-refractivity contribution in [2.75, 3.05) is 11.9 Å². The van der Waals surface area contributed by atoms with Gasteiger partial charge in [-0.25, -0.2) is 0 Å². The van der Waals surface area contributed by atoms with Crippen LogP contribution in [0.15, 0.2) is 18.2 Å². The van der Waals surface area contributed by atoms with E-state index in [1.54, 1.807) is 0 Å². The van der Waals surface area contributed by atoms with Gasteiger partial charge in [0.05, 0.1) is 6.61 Å². The smallest absolute Gasteiger partial charge is 0.121 e. The van der Waals surface area contributed by atoms with Gasteiger partial charge in [0.2, 0.25) is 0 Å². The molecule has 0 fully saturated rings. The van der Waals surface area contributed by atoms with E-state index in [1.165, 1.54) is 11.8 Å². The van der Waals surface area contributed by atoms with Crippen LogP contribution in [0.25, 0.3) is 0 Å². The first kappa shape index (κ1) is 12.6. The van der Waals surface area contributed by atoms with E-state index in [0.29, 0.717) is 6.61 Å². The molecule has 88 valence electrons. The molecule has 0 radical (unpaired) electrons. The summed E-state index contributed by atoms with van der Waals surface area (Å²) in [6.07, 6.45) is 2.16. The van der Waals surface area contributed by atoms with Crippen molar-refractivity contribution >= 4 is 11.9 Å². The Morgan fingerprint density at radius 2 is 2.25 bits per heavy atom. The Kier molecular flexibility index (Phi) is 4.83. The van der Waals surface area contributed by atoms with Gasteiger partial charge < -0.3 is 15.5 Å². The molecule has 0 heterocycles. The average molecular weight is 220 g/mol. The number of ether oxygens (including phenoxy) is 1. The highest BCUT2D eigenvalue weighted by Crippen LogP contribution is 2.22. The molecule has 1 unspecified atom stereocenters. The third kappa shape index (κ3) is 3.57. The standard InChI is InChI=1S/C13H20N2O/c1-4-16-12-6-5-10(2)13(9-12)15-11(3)7-8-14/h5-6,8-9,11,14-15H,4,7H2,1-3H3. The Bertz CT molecular complexity index is 350. The lowest BCUT2D eigenvalue weighted by Crippen LogP contribution is -2.16. The van der Waals surface area contributed by atoms with Crippen molar-refractivity contribution < 1.29 is 4.74 Å². The van der Waals surface area contributed by atoms with Gasteiger partial charge in [-0.3, -0.25) is 0 Å². The Morgan fingerprint density at radius 1 is 1.50 bits per heavy atom. The van der Waals surface area contributed by atoms with Crippen LogP contribution in [0.2, 0.25) is 0 Å². The van der Waals surface area contributed by atoms with E-state index in [1.807, 2.05) is 25.1 Å². The van der Waals surface area contributed by atoms with Gasteiger partial charge in [0.25, 0.3) is 0 Å². The number of hydrogen-bond acceptors (Lipinski definition) is 3. The zero-order chi connectivity index (χ0) is 12.0. The van der Waals surface area contributed by atoms with Gasteiger partial charge in [0.1, 0.15) is 5.75 Å². The van der Waals surface area contributed by atoms with Crippen LogP contribution in [-0.4, -0.2) is 18.9 Å². The first-order valence-corrected chi connectivity index (χ1v) is 5.66. The van der Waals surface area contributed by atoms with Crippen LogP contribution >= 0.6 is 0 Å². The zero-order valence-electron chi connectivity index (χ0n) is 10.2. The van der Waals surface area contributed by atoms with E-state index in [9.17, 15) is 0 Å². The molecule has 0 amide bonds. The van der Waals surface area contributed by atoms with E-state index in [0.717, 1.165) is 17.9 Å². The lowest BCUT2D eigenvalue weighted by Gasteiger charge is -2.16. The van der Waals surface area contributed by atoms with Gasteiger partial charge >= 0.3 is 0 Å². The Labute approximate surface area is 97.3 Å². The number of benzene rings is 1. The van der Waals surface area contributed by atoms with Gasteiger partial charge in [-0.2, -0.15) is 0 Å². The summed E-state index contributed by atoms with van der Waals surface area (Å²) in [5.74, 6) is 0.887. The first-order chi connectivity index (χ1) is 7.67. The van der Waals surface area contributed by atoms with Crippen LogP contribution in [0.3, 0.4) is 0 Å². The van der Waals surface area contributed by atoms with E-state index in [-0.39, 0.29) is 6.04 Å². The van der Waals surface area contributed by atoms with Crippen molar-refractivity contribution in [3.05, 3.63) is 23.8 Å². The van der Waals surface area contributed by atoms with Crippen LogP contribution in [0, 0.1) is 12.3 Å². The largest absolute Gasteiger partial charge is 0.494 e. The van der Waals surface area contributed by atoms with Gasteiger partial charge in [0, 0.05) is 24.2 Å². The summed E-state index contributed by atoms with van der Waals surface area (Å²) in [4.78, 5) is 0. The molecule has 0 aliphatic carbocycles. The number of anilines is 1. The summed E-state index contributed by atoms with van der Waals surface area (Å²) >= 11 is 0. The second kappa shape index (κ2) is 6.16. The fraction of sp³-hybridized carbons (Fsp3) is 0.462. The molecule has 0 spiro atoms. The molecule has 1 aromatic carbocycles. The number of rotatable bonds is 6. The van der Waals surface area contributed by atoms with Crippen molar-refractivity contribution in [3.63, 3.8) is 0 Å². The maximum absolute atomic E-state index is 7.07. The van der Waals surface area contributed by atoms with Crippen LogP contribution in [0.1, 0.15) is 25.8 Å². The average Bonchev–Trinajstić information content (AvgIpc) is 2.24. The summed E-state index contributed by atoms with van der Waals surface area (Å²) in [5, 5.41) is 10.4. The highest BCUT2D eigenvalue weighted by Gasteiger charge is 2.04. The van der Waals surface area contributed by atoms with Gasteiger partial charge in [-0.15, -0.1) is 0 Å². The minimum absolute atomic E-state index is 0.271. The van der Waals surface area contributed by atoms with Crippen molar-refractivity contribution in [2.24, 2.45) is 0 Å². The van der Waals surface area contributed by atoms with Crippen molar-refractivity contribution in [1.29, 1.82) is 5.41 Å². The molecule has 3 heteroatoms. The predicted molar refractivity (Wildman–Crippen MR) is 68.8 cm³/mol. The minimum Gasteiger partial charge on any atom is -0.494 e. The summed E-state index contributed by atoms with van der Waals surface area (Å²) < 4.78 is 5.46. The Hall–Kier alpha value is -1.51. The highest BCUT2D eigenvalue weighted by atomic mass is 16.5. The lowest BCUT2D eigenvalue weighted by atomic mass is 10.1. The van der Waals surface area contributed by atoms with Crippen LogP contribution in [0.4, 0.5) is 5.69 Å². The maximum Gasteiger partial charge on any atom is 0.121 e. The van der Waals surface area contributed by atoms with Crippen molar-refractivity contribution in [1.82, 2.24) is 0 Å². The van der Waals surface area contributed by atoms with Crippen molar-refractivity contribution in [3.8, 4) is 5.75 Å². The third-order valence-corrected chi connectivity index (χ3v) is 2.39. The number of aryl methyl sites for hydroxylation is 1. The maximum atomic E-state index is 7.07. The van der Waals surface area contributed by atoms with Crippen molar-refractivity contribution in [2.45, 2.75) is 33.2 Å². The fourth-order valence-corrected chi connectivity index (χ4v) is 1.51. The fourth-order valence-electron chi connectivity index (χ4n) is 1.51. The monoisotopic (exact) mass is 220 g/mol. The molecule has 16 heavy (non-hydrogen) atoms. The molecular weight excluding hydrogens is 200 g/mol. The molecule has 0 bridgehead atoms. The van der Waals surface area contributed by atoms with E-state index < -0.39 is 0 Å². The van der Waals surface area contributed by atoms with Gasteiger partial charge in [-0.1, -0.05) is 6.07 Å². The molecule has 3 nitrogen and oxygen atoms in total. The summed E-state index contributed by atoms with van der Waals surface area (Å²) in [5.41, 5.74) is 2.28. The molecule has 0 aliphatic rings. The molecule has 1 aromatic rings. The highest BCUT2D eigenvalue weighted by molar-refractivity contribution is 5.58. The number of nitrogens with one attached hydrogen (secondary N) is 2. The van der Waals surface area contributed by atoms with E-state index in [4.69, 9.17) is 10.1 Å². The number of hydrogen-bond donors (Lipinski definition) is 2. The van der Waals surface area contributed by atoms with E-state index >= 15 is 0 Å². The quantitative estimate of drug-likeness (QED) is 0.723. The first-order valence-electron chi connectivity index (χ1n) is 5.66. The molecule has 1 rings (SSSR count). The SMILES string of the molecule is CCOc1ccc(C)c(NC(C)CC=N)c1. The zero-order valence-corrected chi connectivity index (χ0v) is 10.2. The summed E-state index contributed by atoms with van der Waals surface area (Å²) in [7, 11) is 0. The molecule has 2 N–H and O–H groups in total. The van der Waals surface area contributed by atoms with Crippen LogP contribution < -0.4 is 10.1 Å². The minimum atomic E-state index is 0.271. The predicted octanol–water partition coefficient (Wildman–Crippen LogP) is 3.23. The summed E-state index contributed by atoms with van der Waals surface area (Å²) in [6, 6.07) is 6.31. The molecule has 0 saturated heterocycles. The van der Waals surface area contributed by atoms with Crippen LogP contribution in [0.5, 0.6) is 5.75 Å². The molecule has 0 saturated carbocycles. The Morgan fingerprint density at radius 3 is 2.88 bits per heavy atom. The molecule has 0 aliphatic heterocycles. The molecule has 1 atom stereocenters. The van der Waals surface area contributed by atoms with Crippen LogP contribution in [-0.2, 0) is 0 Å². The van der Waals surface area contributed by atoms with E-state index in [2.05, 4.69) is 19.2 Å². The topological polar surface area (TPSA) is 45.1 Å². The lowest BCUT2D eigenvalue weighted by molar-refractivity contribution is 0.340. The van der Waals surface area contributed by atoms with Gasteiger partial charge in [-0.05, 0) is 38.6 Å².